The van der Waals surface area contributed by atoms with Crippen LogP contribution in [0.15, 0.2) is 0 Å². The summed E-state index contributed by atoms with van der Waals surface area (Å²) in [4.78, 5) is 52.6. The lowest BCUT2D eigenvalue weighted by atomic mass is 10.5. The van der Waals surface area contributed by atoms with Crippen LogP contribution in [-0.4, -0.2) is 54.9 Å². The first-order chi connectivity index (χ1) is 13.9. The van der Waals surface area contributed by atoms with E-state index >= 15 is 0 Å². The molecule has 0 bridgehead atoms. The van der Waals surface area contributed by atoms with Crippen LogP contribution in [0.2, 0.25) is 20.6 Å². The van der Waals surface area contributed by atoms with Crippen LogP contribution in [-0.2, 0) is 19.2 Å². The number of hydrogen-bond donors (Lipinski definition) is 6. The third kappa shape index (κ3) is 9.33. The highest BCUT2D eigenvalue weighted by atomic mass is 35.5. The fourth-order valence-electron chi connectivity index (χ4n) is 1.20. The van der Waals surface area contributed by atoms with E-state index in [9.17, 15) is 9.59 Å². The van der Waals surface area contributed by atoms with Crippen LogP contribution in [0, 0.1) is 0 Å². The number of halogens is 4. The summed E-state index contributed by atoms with van der Waals surface area (Å²) in [6.45, 7) is 0. The predicted molar refractivity (Wildman–Crippen MR) is 108 cm³/mol. The van der Waals surface area contributed by atoms with Gasteiger partial charge in [-0.2, -0.15) is 19.9 Å². The van der Waals surface area contributed by atoms with Crippen molar-refractivity contribution in [2.24, 2.45) is 0 Å². The maximum atomic E-state index is 10.0. The van der Waals surface area contributed by atoms with E-state index < -0.39 is 11.9 Å². The number of nitrogens with zero attached hydrogens (tertiary/aromatic N) is 4. The fourth-order valence-corrected chi connectivity index (χ4v) is 2.22. The first kappa shape index (κ1) is 26.8. The van der Waals surface area contributed by atoms with Crippen LogP contribution in [0.4, 0.5) is 23.3 Å². The van der Waals surface area contributed by atoms with Crippen molar-refractivity contribution in [3.8, 4) is 0 Å². The lowest BCUT2D eigenvalue weighted by Gasteiger charge is -2.03. The van der Waals surface area contributed by atoms with Gasteiger partial charge < -0.3 is 32.3 Å². The van der Waals surface area contributed by atoms with Crippen molar-refractivity contribution in [1.29, 1.82) is 0 Å². The van der Waals surface area contributed by atoms with Gasteiger partial charge in [-0.3, -0.25) is 9.59 Å². The predicted octanol–water partition coefficient (Wildman–Crippen LogP) is 1.02. The number of rotatable bonds is 4. The molecule has 2 aromatic heterocycles. The maximum absolute atomic E-state index is 10.0. The van der Waals surface area contributed by atoms with Crippen molar-refractivity contribution in [3.05, 3.63) is 20.6 Å². The lowest BCUT2D eigenvalue weighted by molar-refractivity contribution is -0.159. The van der Waals surface area contributed by atoms with Crippen molar-refractivity contribution >= 4 is 94.4 Å². The Morgan fingerprint density at radius 2 is 0.933 bits per heavy atom. The highest BCUT2D eigenvalue weighted by Gasteiger charge is 2.09. The molecule has 0 aliphatic carbocycles. The number of hydrogen-bond acceptors (Lipinski definition) is 10. The minimum atomic E-state index is -1.82. The molecule has 0 aliphatic rings. The summed E-state index contributed by atoms with van der Waals surface area (Å²) in [6, 6.07) is 0. The van der Waals surface area contributed by atoms with Gasteiger partial charge in [-0.15, -0.1) is 0 Å². The minimum absolute atomic E-state index is 0.0135. The van der Waals surface area contributed by atoms with Crippen LogP contribution >= 0.6 is 46.4 Å². The molecule has 0 atom stereocenters. The molecule has 162 valence electrons. The molecule has 14 nitrogen and oxygen atoms in total. The molecule has 8 N–H and O–H groups in total. The third-order valence-electron chi connectivity index (χ3n) is 2.27. The number of carboxylic acids is 2. The first-order valence-corrected chi connectivity index (χ1v) is 8.29. The van der Waals surface area contributed by atoms with E-state index in [0.717, 1.165) is 0 Å². The molecule has 0 radical (unpaired) electrons. The Morgan fingerprint density at radius 3 is 1.10 bits per heavy atom. The number of anilines is 4. The van der Waals surface area contributed by atoms with E-state index in [1.807, 2.05) is 0 Å². The SMILES string of the molecule is Nc1nc(Cl)c(NC=O)c(Cl)n1.Nc1nc(Cl)c(NC=O)c(Cl)n1.O=C(O)C(=O)O. The van der Waals surface area contributed by atoms with E-state index in [1.54, 1.807) is 0 Å². The van der Waals surface area contributed by atoms with Crippen molar-refractivity contribution in [1.82, 2.24) is 19.9 Å². The van der Waals surface area contributed by atoms with Gasteiger partial charge in [0.1, 0.15) is 11.4 Å². The zero-order valence-corrected chi connectivity index (χ0v) is 17.2. The number of aliphatic carboxylic acids is 2. The molecule has 2 rings (SSSR count). The molecule has 30 heavy (non-hydrogen) atoms. The summed E-state index contributed by atoms with van der Waals surface area (Å²) in [5.41, 5.74) is 10.7. The Bertz CT molecular complexity index is 825. The Kier molecular flexibility index (Phi) is 11.7. The van der Waals surface area contributed by atoms with E-state index in [2.05, 4.69) is 30.6 Å². The van der Waals surface area contributed by atoms with Gasteiger partial charge in [0.2, 0.25) is 24.7 Å². The van der Waals surface area contributed by atoms with E-state index in [4.69, 9.17) is 77.7 Å². The number of nitrogens with two attached hydrogens (primary N) is 2. The summed E-state index contributed by atoms with van der Waals surface area (Å²) in [6.07, 6.45) is 0.847. The smallest absolute Gasteiger partial charge is 0.414 e. The number of carbonyl (C=O) groups excluding carboxylic acids is 2. The van der Waals surface area contributed by atoms with Gasteiger partial charge in [-0.05, 0) is 0 Å². The van der Waals surface area contributed by atoms with Gasteiger partial charge >= 0.3 is 11.9 Å². The average molecular weight is 504 g/mol. The number of carboxylic acid groups (broad SMARTS) is 2. The van der Waals surface area contributed by atoms with E-state index in [0.29, 0.717) is 12.8 Å². The number of nitrogen functional groups attached to an aromatic ring is 2. The number of nitrogens with one attached hydrogen (secondary N) is 2. The highest BCUT2D eigenvalue weighted by Crippen LogP contribution is 2.27. The molecule has 18 heteroatoms. The Balaban J connectivity index is 0.000000447. The normalized spacial score (nSPS) is 9.07. The Morgan fingerprint density at radius 1 is 0.700 bits per heavy atom. The van der Waals surface area contributed by atoms with Gasteiger partial charge in [0.25, 0.3) is 0 Å². The second-order valence-corrected chi connectivity index (χ2v) is 5.64. The highest BCUT2D eigenvalue weighted by molar-refractivity contribution is 6.38. The molecule has 0 fully saturated rings. The van der Waals surface area contributed by atoms with Gasteiger partial charge in [0, 0.05) is 0 Å². The van der Waals surface area contributed by atoms with Crippen molar-refractivity contribution < 1.29 is 29.4 Å². The monoisotopic (exact) mass is 502 g/mol. The summed E-state index contributed by atoms with van der Waals surface area (Å²) in [7, 11) is 0. The van der Waals surface area contributed by atoms with Gasteiger partial charge in [0.15, 0.2) is 20.6 Å². The van der Waals surface area contributed by atoms with Crippen LogP contribution in [0.1, 0.15) is 0 Å². The first-order valence-electron chi connectivity index (χ1n) is 6.78. The van der Waals surface area contributed by atoms with Crippen LogP contribution in [0.3, 0.4) is 0 Å². The van der Waals surface area contributed by atoms with Gasteiger partial charge in [-0.1, -0.05) is 46.4 Å². The van der Waals surface area contributed by atoms with Crippen LogP contribution in [0.25, 0.3) is 0 Å². The van der Waals surface area contributed by atoms with E-state index in [1.165, 1.54) is 0 Å². The molecular weight excluding hydrogens is 494 g/mol. The summed E-state index contributed by atoms with van der Waals surface area (Å²) in [5.74, 6) is -3.73. The maximum Gasteiger partial charge on any atom is 0.414 e. The molecule has 0 saturated heterocycles. The molecule has 0 aliphatic heterocycles. The molecule has 2 aromatic rings. The second kappa shape index (κ2) is 13.1. The number of carbonyl (C=O) groups is 4. The molecule has 0 spiro atoms. The zero-order valence-electron chi connectivity index (χ0n) is 14.1. The molecule has 2 heterocycles. The Labute approximate surface area is 186 Å². The zero-order chi connectivity index (χ0) is 23.4. The van der Waals surface area contributed by atoms with E-state index in [-0.39, 0.29) is 43.9 Å². The standard InChI is InChI=1S/2C5H4Cl2N4O.C2H2O4/c2*6-3-2(9-1-12)4(7)11-5(8)10-3;3-1(4)2(5)6/h2*1H,(H,9,12)(H2,8,10,11);(H,3,4)(H,5,6). The Hall–Kier alpha value is -3.20. The summed E-state index contributed by atoms with van der Waals surface area (Å²) < 4.78 is 0. The van der Waals surface area contributed by atoms with Crippen LogP contribution < -0.4 is 22.1 Å². The van der Waals surface area contributed by atoms with Crippen molar-refractivity contribution in [2.45, 2.75) is 0 Å². The van der Waals surface area contributed by atoms with Crippen molar-refractivity contribution in [2.75, 3.05) is 22.1 Å². The molecule has 0 saturated carbocycles. The molecular formula is C12H10Cl4N8O6. The quantitative estimate of drug-likeness (QED) is 0.195. The molecule has 0 aromatic carbocycles. The number of aromatic nitrogens is 4. The summed E-state index contributed by atoms with van der Waals surface area (Å²) >= 11 is 22.3. The third-order valence-corrected chi connectivity index (χ3v) is 3.36. The fraction of sp³-hybridized carbons (Fsp3) is 0. The molecule has 2 amide bonds. The van der Waals surface area contributed by atoms with Gasteiger partial charge in [0.05, 0.1) is 0 Å². The second-order valence-electron chi connectivity index (χ2n) is 4.21. The van der Waals surface area contributed by atoms with Gasteiger partial charge in [-0.25, -0.2) is 9.59 Å². The van der Waals surface area contributed by atoms with Crippen LogP contribution in [0.5, 0.6) is 0 Å². The lowest BCUT2D eigenvalue weighted by Crippen LogP contribution is -2.09. The topological polar surface area (TPSA) is 236 Å². The minimum Gasteiger partial charge on any atom is -0.473 e. The average Bonchev–Trinajstić information content (AvgIpc) is 2.62. The molecule has 0 unspecified atom stereocenters. The number of amides is 2. The summed E-state index contributed by atoms with van der Waals surface area (Å²) in [5, 5.41) is 19.3. The largest absolute Gasteiger partial charge is 0.473 e. The van der Waals surface area contributed by atoms with Crippen molar-refractivity contribution in [3.63, 3.8) is 0 Å².